The highest BCUT2D eigenvalue weighted by Gasteiger charge is 2.24. The molecule has 0 spiro atoms. The first-order chi connectivity index (χ1) is 10.8. The van der Waals surface area contributed by atoms with Crippen LogP contribution in [0.25, 0.3) is 0 Å². The average molecular weight is 335 g/mol. The second kappa shape index (κ2) is 8.13. The zero-order valence-electron chi connectivity index (χ0n) is 13.5. The molecule has 6 heteroatoms. The van der Waals surface area contributed by atoms with Crippen molar-refractivity contribution in [1.82, 2.24) is 9.97 Å². The van der Waals surface area contributed by atoms with Crippen molar-refractivity contribution in [2.24, 2.45) is 0 Å². The van der Waals surface area contributed by atoms with Gasteiger partial charge < -0.3 is 15.0 Å². The van der Waals surface area contributed by atoms with E-state index in [1.807, 2.05) is 12.3 Å². The van der Waals surface area contributed by atoms with E-state index < -0.39 is 0 Å². The molecule has 1 aliphatic heterocycles. The quantitative estimate of drug-likeness (QED) is 0.852. The van der Waals surface area contributed by atoms with Gasteiger partial charge in [0.15, 0.2) is 0 Å². The van der Waals surface area contributed by atoms with Gasteiger partial charge in [-0.2, -0.15) is 4.98 Å². The van der Waals surface area contributed by atoms with Gasteiger partial charge in [-0.3, -0.25) is 0 Å². The average Bonchev–Trinajstić information content (AvgIpc) is 2.56. The van der Waals surface area contributed by atoms with Crippen LogP contribution in [0.5, 0.6) is 0 Å². The van der Waals surface area contributed by atoms with Crippen molar-refractivity contribution in [3.63, 3.8) is 0 Å². The smallest absolute Gasteiger partial charge is 0.224 e. The lowest BCUT2D eigenvalue weighted by molar-refractivity contribution is 0.210. The zero-order valence-corrected chi connectivity index (χ0v) is 14.3. The summed E-state index contributed by atoms with van der Waals surface area (Å²) in [5.74, 6) is 1.62. The van der Waals surface area contributed by atoms with Crippen LogP contribution in [0.15, 0.2) is 36.5 Å². The van der Waals surface area contributed by atoms with E-state index >= 15 is 0 Å². The number of anilines is 2. The third-order valence-electron chi connectivity index (χ3n) is 4.12. The summed E-state index contributed by atoms with van der Waals surface area (Å²) in [4.78, 5) is 11.2. The van der Waals surface area contributed by atoms with E-state index in [0.717, 1.165) is 18.8 Å². The molecule has 0 aliphatic carbocycles. The van der Waals surface area contributed by atoms with Crippen LogP contribution in [-0.2, 0) is 11.2 Å². The molecule has 2 heterocycles. The maximum Gasteiger partial charge on any atom is 0.224 e. The van der Waals surface area contributed by atoms with Crippen LogP contribution in [0.4, 0.5) is 11.8 Å². The van der Waals surface area contributed by atoms with Crippen molar-refractivity contribution < 1.29 is 4.74 Å². The molecular weight excluding hydrogens is 312 g/mol. The molecule has 1 aliphatic rings. The van der Waals surface area contributed by atoms with Crippen LogP contribution >= 0.6 is 12.4 Å². The van der Waals surface area contributed by atoms with Gasteiger partial charge in [0.05, 0.1) is 12.6 Å². The number of methoxy groups -OCH3 is 1. The third-order valence-corrected chi connectivity index (χ3v) is 4.12. The summed E-state index contributed by atoms with van der Waals surface area (Å²) in [6, 6.07) is 11.0. The summed E-state index contributed by atoms with van der Waals surface area (Å²) in [7, 11) is 1.69. The first-order valence-corrected chi connectivity index (χ1v) is 7.70. The molecule has 0 fully saturated rings. The van der Waals surface area contributed by atoms with Gasteiger partial charge in [-0.25, -0.2) is 4.98 Å². The van der Waals surface area contributed by atoms with Gasteiger partial charge in [0, 0.05) is 26.4 Å². The second-order valence-corrected chi connectivity index (χ2v) is 5.48. The number of ether oxygens (including phenoxy) is 1. The fraction of sp³-hybridized carbons (Fsp3) is 0.412. The van der Waals surface area contributed by atoms with Crippen molar-refractivity contribution in [1.29, 1.82) is 0 Å². The highest BCUT2D eigenvalue weighted by molar-refractivity contribution is 5.85. The Hall–Kier alpha value is -1.85. The monoisotopic (exact) mass is 334 g/mol. The van der Waals surface area contributed by atoms with Crippen LogP contribution in [0.2, 0.25) is 0 Å². The maximum absolute atomic E-state index is 5.04. The van der Waals surface area contributed by atoms with Gasteiger partial charge in [0.2, 0.25) is 5.95 Å². The van der Waals surface area contributed by atoms with Crippen molar-refractivity contribution >= 4 is 24.2 Å². The van der Waals surface area contributed by atoms with Gasteiger partial charge in [0.1, 0.15) is 5.82 Å². The van der Waals surface area contributed by atoms with E-state index in [1.54, 1.807) is 7.11 Å². The summed E-state index contributed by atoms with van der Waals surface area (Å²) in [6.07, 6.45) is 2.86. The van der Waals surface area contributed by atoms with Gasteiger partial charge >= 0.3 is 0 Å². The number of fused-ring (bicyclic) bond motifs is 1. The summed E-state index contributed by atoms with van der Waals surface area (Å²) in [5.41, 5.74) is 2.83. The van der Waals surface area contributed by atoms with Gasteiger partial charge in [-0.05, 0) is 30.5 Å². The summed E-state index contributed by atoms with van der Waals surface area (Å²) >= 11 is 0. The van der Waals surface area contributed by atoms with Crippen LogP contribution in [0, 0.1) is 0 Å². The standard InChI is InChI=1S/C17H22N4O.ClH/c1-13-15-6-4-3-5-14(15)8-11-21(13)16-7-9-18-17(20-16)19-10-12-22-2;/h3-7,9,13H,8,10-12H2,1-2H3,(H,18,19,20);1H. The van der Waals surface area contributed by atoms with Crippen molar-refractivity contribution in [2.75, 3.05) is 37.0 Å². The Morgan fingerprint density at radius 2 is 2.13 bits per heavy atom. The normalized spacial score (nSPS) is 16.4. The lowest BCUT2D eigenvalue weighted by atomic mass is 9.94. The number of nitrogens with one attached hydrogen (secondary N) is 1. The minimum Gasteiger partial charge on any atom is -0.383 e. The first kappa shape index (κ1) is 17.5. The van der Waals surface area contributed by atoms with Crippen molar-refractivity contribution in [3.05, 3.63) is 47.7 Å². The molecule has 23 heavy (non-hydrogen) atoms. The fourth-order valence-corrected chi connectivity index (χ4v) is 2.94. The minimum absolute atomic E-state index is 0. The molecule has 5 nitrogen and oxygen atoms in total. The van der Waals surface area contributed by atoms with Gasteiger partial charge in [-0.15, -0.1) is 12.4 Å². The Morgan fingerprint density at radius 3 is 2.96 bits per heavy atom. The van der Waals surface area contributed by atoms with Crippen LogP contribution in [0.3, 0.4) is 0 Å². The molecule has 0 saturated carbocycles. The molecule has 2 aromatic rings. The highest BCUT2D eigenvalue weighted by Crippen LogP contribution is 2.32. The number of rotatable bonds is 5. The van der Waals surface area contributed by atoms with E-state index in [9.17, 15) is 0 Å². The Balaban J connectivity index is 0.00000192. The lowest BCUT2D eigenvalue weighted by Gasteiger charge is -2.36. The molecule has 0 radical (unpaired) electrons. The Kier molecular flexibility index (Phi) is 6.19. The molecule has 1 unspecified atom stereocenters. The topological polar surface area (TPSA) is 50.3 Å². The molecule has 1 atom stereocenters. The minimum atomic E-state index is 0. The summed E-state index contributed by atoms with van der Waals surface area (Å²) in [6.45, 7) is 4.56. The van der Waals surface area contributed by atoms with Crippen LogP contribution < -0.4 is 10.2 Å². The molecule has 0 saturated heterocycles. The zero-order chi connectivity index (χ0) is 15.4. The Bertz CT molecular complexity index is 637. The van der Waals surface area contributed by atoms with Crippen LogP contribution in [-0.4, -0.2) is 36.8 Å². The SMILES string of the molecule is COCCNc1nccc(N2CCc3ccccc3C2C)n1.Cl. The molecule has 124 valence electrons. The fourth-order valence-electron chi connectivity index (χ4n) is 2.94. The number of benzene rings is 1. The van der Waals surface area contributed by atoms with E-state index in [2.05, 4.69) is 51.4 Å². The maximum atomic E-state index is 5.04. The number of halogens is 1. The van der Waals surface area contributed by atoms with E-state index in [-0.39, 0.29) is 12.4 Å². The molecular formula is C17H23ClN4O. The second-order valence-electron chi connectivity index (χ2n) is 5.48. The highest BCUT2D eigenvalue weighted by atomic mass is 35.5. The molecule has 1 aromatic heterocycles. The van der Waals surface area contributed by atoms with E-state index in [0.29, 0.717) is 25.1 Å². The predicted octanol–water partition coefficient (Wildman–Crippen LogP) is 3.08. The van der Waals surface area contributed by atoms with Crippen molar-refractivity contribution in [3.8, 4) is 0 Å². The molecule has 0 amide bonds. The number of nitrogens with zero attached hydrogens (tertiary/aromatic N) is 3. The molecule has 1 N–H and O–H groups in total. The summed E-state index contributed by atoms with van der Waals surface area (Å²) in [5, 5.41) is 3.19. The molecule has 1 aromatic carbocycles. The number of hydrogen-bond donors (Lipinski definition) is 1. The predicted molar refractivity (Wildman–Crippen MR) is 95.6 cm³/mol. The third kappa shape index (κ3) is 3.92. The van der Waals surface area contributed by atoms with E-state index in [4.69, 9.17) is 4.74 Å². The van der Waals surface area contributed by atoms with E-state index in [1.165, 1.54) is 11.1 Å². The van der Waals surface area contributed by atoms with Crippen molar-refractivity contribution in [2.45, 2.75) is 19.4 Å². The van der Waals surface area contributed by atoms with Gasteiger partial charge in [-0.1, -0.05) is 24.3 Å². The van der Waals surface area contributed by atoms with Crippen LogP contribution in [0.1, 0.15) is 24.1 Å². The number of aromatic nitrogens is 2. The van der Waals surface area contributed by atoms with Gasteiger partial charge in [0.25, 0.3) is 0 Å². The lowest BCUT2D eigenvalue weighted by Crippen LogP contribution is -2.34. The summed E-state index contributed by atoms with van der Waals surface area (Å²) < 4.78 is 5.04. The number of hydrogen-bond acceptors (Lipinski definition) is 5. The first-order valence-electron chi connectivity index (χ1n) is 7.70. The Morgan fingerprint density at radius 1 is 1.30 bits per heavy atom. The molecule has 3 rings (SSSR count). The molecule has 0 bridgehead atoms. The largest absolute Gasteiger partial charge is 0.383 e. The Labute approximate surface area is 143 Å².